The molecule has 3 heterocycles. The number of aliphatic hydroxyl groups excluding tert-OH is 1. The summed E-state index contributed by atoms with van der Waals surface area (Å²) in [4.78, 5) is 43.6. The molecular weight excluding hydrogens is 504 g/mol. The molecule has 1 aromatic carbocycles. The Kier molecular flexibility index (Phi) is 6.90. The number of ether oxygens (including phenoxy) is 2. The maximum atomic E-state index is 14.3. The first-order chi connectivity index (χ1) is 16.2. The van der Waals surface area contributed by atoms with Crippen molar-refractivity contribution in [3.05, 3.63) is 42.0 Å². The van der Waals surface area contributed by atoms with E-state index in [1.54, 1.807) is 17.9 Å². The summed E-state index contributed by atoms with van der Waals surface area (Å²) < 4.78 is 11.7. The van der Waals surface area contributed by atoms with Crippen LogP contribution in [-0.4, -0.2) is 76.7 Å². The second kappa shape index (κ2) is 9.43. The van der Waals surface area contributed by atoms with Crippen molar-refractivity contribution in [2.45, 2.75) is 49.8 Å². The van der Waals surface area contributed by atoms with E-state index < -0.39 is 35.6 Å². The number of likely N-dealkylation sites (tertiary alicyclic amines) is 1. The van der Waals surface area contributed by atoms with Gasteiger partial charge >= 0.3 is 5.97 Å². The molecule has 2 amide bonds. The standard InChI is InChI=1S/C25H31BrN2O6/c1-5-9-27(17-12-14(3)7-8-15(17)4)23(31)21-25-13-16(26)20(34-25)18(24(32)33-6-2)19(25)22(30)28(21)10-11-29/h5,7-8,12,16,18-21,29H,1,6,9-11,13H2,2-4H3/t16?,18-,19-,20-,21?,25?/m0/s1. The summed E-state index contributed by atoms with van der Waals surface area (Å²) in [5.41, 5.74) is 1.45. The SMILES string of the molecule is C=CCN(C(=O)C1N(CCO)C(=O)[C@@H]2[C@H](C(=O)OCC)[C@H]3OC12CC3Br)c1cc(C)ccc1C. The van der Waals surface area contributed by atoms with Crippen LogP contribution in [0.1, 0.15) is 24.5 Å². The Bertz CT molecular complexity index is 1020. The van der Waals surface area contributed by atoms with Crippen LogP contribution >= 0.6 is 15.9 Å². The van der Waals surface area contributed by atoms with Crippen LogP contribution in [0.25, 0.3) is 0 Å². The van der Waals surface area contributed by atoms with Crippen LogP contribution in [0.4, 0.5) is 5.69 Å². The first-order valence-corrected chi connectivity index (χ1v) is 12.5. The molecule has 184 valence electrons. The van der Waals surface area contributed by atoms with E-state index in [1.165, 1.54) is 4.90 Å². The van der Waals surface area contributed by atoms with E-state index in [0.717, 1.165) is 16.8 Å². The normalized spacial score (nSPS) is 31.5. The number of alkyl halides is 1. The number of esters is 1. The van der Waals surface area contributed by atoms with Crippen LogP contribution in [0, 0.1) is 25.7 Å². The number of aliphatic hydroxyl groups is 1. The number of carbonyl (C=O) groups is 3. The fourth-order valence-electron chi connectivity index (χ4n) is 5.86. The minimum Gasteiger partial charge on any atom is -0.466 e. The highest BCUT2D eigenvalue weighted by Gasteiger charge is 2.77. The number of aryl methyl sites for hydroxylation is 2. The number of anilines is 1. The Hall–Kier alpha value is -2.23. The zero-order valence-corrected chi connectivity index (χ0v) is 21.3. The molecule has 2 bridgehead atoms. The van der Waals surface area contributed by atoms with Gasteiger partial charge in [-0.25, -0.2) is 0 Å². The van der Waals surface area contributed by atoms with Gasteiger partial charge in [-0.15, -0.1) is 6.58 Å². The number of carbonyl (C=O) groups excluding carboxylic acids is 3. The first kappa shape index (κ1) is 24.9. The van der Waals surface area contributed by atoms with Crippen LogP contribution in [0.5, 0.6) is 0 Å². The summed E-state index contributed by atoms with van der Waals surface area (Å²) in [5.74, 6) is -2.81. The number of benzene rings is 1. The van der Waals surface area contributed by atoms with E-state index in [9.17, 15) is 19.5 Å². The number of amides is 2. The van der Waals surface area contributed by atoms with Crippen LogP contribution in [-0.2, 0) is 23.9 Å². The largest absolute Gasteiger partial charge is 0.466 e. The van der Waals surface area contributed by atoms with Crippen molar-refractivity contribution >= 4 is 39.4 Å². The lowest BCUT2D eigenvalue weighted by Crippen LogP contribution is -2.57. The Morgan fingerprint density at radius 1 is 1.41 bits per heavy atom. The van der Waals surface area contributed by atoms with Crippen LogP contribution in [0.3, 0.4) is 0 Å². The molecule has 3 aliphatic heterocycles. The van der Waals surface area contributed by atoms with Crippen molar-refractivity contribution in [1.82, 2.24) is 4.90 Å². The minimum absolute atomic E-state index is 0.0290. The van der Waals surface area contributed by atoms with Gasteiger partial charge in [0.05, 0.1) is 31.2 Å². The molecule has 34 heavy (non-hydrogen) atoms. The van der Waals surface area contributed by atoms with E-state index in [2.05, 4.69) is 22.5 Å². The molecule has 3 aliphatic rings. The van der Waals surface area contributed by atoms with Gasteiger partial charge in [0.15, 0.2) is 0 Å². The summed E-state index contributed by atoms with van der Waals surface area (Å²) in [6.45, 7) is 9.50. The molecule has 9 heteroatoms. The zero-order chi connectivity index (χ0) is 24.8. The Morgan fingerprint density at radius 3 is 2.79 bits per heavy atom. The molecule has 1 N–H and O–H groups in total. The Labute approximate surface area is 208 Å². The number of hydrogen-bond acceptors (Lipinski definition) is 6. The van der Waals surface area contributed by atoms with Gasteiger partial charge in [-0.05, 0) is 44.4 Å². The minimum atomic E-state index is -1.18. The van der Waals surface area contributed by atoms with Gasteiger partial charge in [-0.1, -0.05) is 34.1 Å². The number of hydrogen-bond donors (Lipinski definition) is 1. The summed E-state index contributed by atoms with van der Waals surface area (Å²) in [6.07, 6.45) is 1.48. The molecular formula is C25H31BrN2O6. The van der Waals surface area contributed by atoms with Crippen LogP contribution < -0.4 is 4.90 Å². The molecule has 3 saturated heterocycles. The van der Waals surface area contributed by atoms with E-state index in [-0.39, 0.29) is 42.9 Å². The van der Waals surface area contributed by atoms with Crippen molar-refractivity contribution < 1.29 is 29.0 Å². The Morgan fingerprint density at radius 2 is 2.15 bits per heavy atom. The molecule has 4 rings (SSSR count). The monoisotopic (exact) mass is 534 g/mol. The number of nitrogens with zero attached hydrogens (tertiary/aromatic N) is 2. The topological polar surface area (TPSA) is 96.4 Å². The molecule has 0 aromatic heterocycles. The third kappa shape index (κ3) is 3.69. The second-order valence-electron chi connectivity index (χ2n) is 9.20. The molecule has 3 unspecified atom stereocenters. The van der Waals surface area contributed by atoms with Crippen molar-refractivity contribution in [3.63, 3.8) is 0 Å². The quantitative estimate of drug-likeness (QED) is 0.311. The lowest BCUT2D eigenvalue weighted by molar-refractivity contribution is -0.154. The molecule has 6 atom stereocenters. The summed E-state index contributed by atoms with van der Waals surface area (Å²) >= 11 is 3.62. The lowest BCUT2D eigenvalue weighted by Gasteiger charge is -2.37. The van der Waals surface area contributed by atoms with Crippen molar-refractivity contribution in [2.24, 2.45) is 11.8 Å². The Balaban J connectivity index is 1.81. The van der Waals surface area contributed by atoms with E-state index >= 15 is 0 Å². The molecule has 1 aromatic rings. The van der Waals surface area contributed by atoms with Gasteiger partial charge in [0.1, 0.15) is 11.6 Å². The lowest BCUT2D eigenvalue weighted by atomic mass is 9.70. The molecule has 0 saturated carbocycles. The smallest absolute Gasteiger partial charge is 0.312 e. The van der Waals surface area contributed by atoms with E-state index in [0.29, 0.717) is 6.42 Å². The van der Waals surface area contributed by atoms with E-state index in [1.807, 2.05) is 32.0 Å². The summed E-state index contributed by atoms with van der Waals surface area (Å²) in [6, 6.07) is 4.87. The predicted molar refractivity (Wildman–Crippen MR) is 130 cm³/mol. The highest BCUT2D eigenvalue weighted by molar-refractivity contribution is 9.09. The first-order valence-electron chi connectivity index (χ1n) is 11.6. The van der Waals surface area contributed by atoms with Gasteiger partial charge in [0.25, 0.3) is 5.91 Å². The molecule has 0 aliphatic carbocycles. The van der Waals surface area contributed by atoms with Crippen LogP contribution in [0.15, 0.2) is 30.9 Å². The maximum Gasteiger partial charge on any atom is 0.312 e. The number of halogens is 1. The van der Waals surface area contributed by atoms with Gasteiger partial charge in [-0.2, -0.15) is 0 Å². The molecule has 8 nitrogen and oxygen atoms in total. The average molecular weight is 535 g/mol. The molecule has 1 spiro atoms. The molecule has 3 fully saturated rings. The van der Waals surface area contributed by atoms with Gasteiger partial charge in [0.2, 0.25) is 5.91 Å². The fourth-order valence-corrected chi connectivity index (χ4v) is 6.80. The van der Waals surface area contributed by atoms with Crippen LogP contribution in [0.2, 0.25) is 0 Å². The van der Waals surface area contributed by atoms with Crippen molar-refractivity contribution in [1.29, 1.82) is 0 Å². The average Bonchev–Trinajstić information content (AvgIpc) is 3.38. The number of rotatable bonds is 8. The number of fused-ring (bicyclic) bond motifs is 1. The number of β-amino-alcohol motifs (C(OH)–C–C–N with tert-alkyl or cyclic N) is 1. The highest BCUT2D eigenvalue weighted by Crippen LogP contribution is 2.60. The summed E-state index contributed by atoms with van der Waals surface area (Å²) in [5, 5.41) is 9.75. The van der Waals surface area contributed by atoms with Crippen molar-refractivity contribution in [3.8, 4) is 0 Å². The second-order valence-corrected chi connectivity index (χ2v) is 10.4. The third-order valence-electron chi connectivity index (χ3n) is 7.16. The third-order valence-corrected chi connectivity index (χ3v) is 8.00. The summed E-state index contributed by atoms with van der Waals surface area (Å²) in [7, 11) is 0. The highest BCUT2D eigenvalue weighted by atomic mass is 79.9. The fraction of sp³-hybridized carbons (Fsp3) is 0.560. The predicted octanol–water partition coefficient (Wildman–Crippen LogP) is 2.13. The van der Waals surface area contributed by atoms with E-state index in [4.69, 9.17) is 9.47 Å². The van der Waals surface area contributed by atoms with Gasteiger partial charge in [0, 0.05) is 23.6 Å². The van der Waals surface area contributed by atoms with Gasteiger partial charge < -0.3 is 24.4 Å². The molecule has 0 radical (unpaired) electrons. The zero-order valence-electron chi connectivity index (χ0n) is 19.7. The van der Waals surface area contributed by atoms with Gasteiger partial charge in [-0.3, -0.25) is 14.4 Å². The maximum absolute atomic E-state index is 14.3. The van der Waals surface area contributed by atoms with Crippen molar-refractivity contribution in [2.75, 3.05) is 31.2 Å².